The Morgan fingerprint density at radius 2 is 1.65 bits per heavy atom. The van der Waals surface area contributed by atoms with E-state index in [-0.39, 0.29) is 12.2 Å². The number of hydrogen-bond acceptors (Lipinski definition) is 1. The SMILES string of the molecule is CCCCCCCCCC(=O)Cc1ccc(F)cc1F. The number of hydrogen-bond donors (Lipinski definition) is 0. The maximum absolute atomic E-state index is 13.4. The summed E-state index contributed by atoms with van der Waals surface area (Å²) in [4.78, 5) is 11.7. The highest BCUT2D eigenvalue weighted by molar-refractivity contribution is 5.80. The molecule has 0 aliphatic rings. The summed E-state index contributed by atoms with van der Waals surface area (Å²) in [5, 5.41) is 0. The van der Waals surface area contributed by atoms with Gasteiger partial charge < -0.3 is 0 Å². The second-order valence-electron chi connectivity index (χ2n) is 5.32. The Kier molecular flexibility index (Phi) is 8.08. The molecule has 0 bridgehead atoms. The summed E-state index contributed by atoms with van der Waals surface area (Å²) in [7, 11) is 0. The molecule has 0 aliphatic carbocycles. The number of unbranched alkanes of at least 4 members (excludes halogenated alkanes) is 6. The van der Waals surface area contributed by atoms with E-state index in [9.17, 15) is 13.6 Å². The van der Waals surface area contributed by atoms with E-state index in [0.717, 1.165) is 25.3 Å². The van der Waals surface area contributed by atoms with Crippen molar-refractivity contribution in [3.05, 3.63) is 35.4 Å². The van der Waals surface area contributed by atoms with Crippen LogP contribution in [0.25, 0.3) is 0 Å². The summed E-state index contributed by atoms with van der Waals surface area (Å²) in [5.74, 6) is -1.20. The first-order chi connectivity index (χ1) is 9.63. The molecule has 3 heteroatoms. The lowest BCUT2D eigenvalue weighted by atomic mass is 10.0. The van der Waals surface area contributed by atoms with Crippen molar-refractivity contribution in [3.63, 3.8) is 0 Å². The highest BCUT2D eigenvalue weighted by Crippen LogP contribution is 2.13. The van der Waals surface area contributed by atoms with Gasteiger partial charge >= 0.3 is 0 Å². The van der Waals surface area contributed by atoms with E-state index in [2.05, 4.69) is 6.92 Å². The molecule has 0 radical (unpaired) electrons. The minimum absolute atomic E-state index is 0.0315. The summed E-state index contributed by atoms with van der Waals surface area (Å²) in [6.07, 6.45) is 8.67. The Morgan fingerprint density at radius 1 is 1.00 bits per heavy atom. The third-order valence-corrected chi connectivity index (χ3v) is 3.46. The standard InChI is InChI=1S/C17H24F2O/c1-2-3-4-5-6-7-8-9-16(20)12-14-10-11-15(18)13-17(14)19/h10-11,13H,2-9,12H2,1H3. The average Bonchev–Trinajstić information content (AvgIpc) is 2.41. The molecule has 0 unspecified atom stereocenters. The molecule has 0 heterocycles. The highest BCUT2D eigenvalue weighted by Gasteiger charge is 2.09. The third-order valence-electron chi connectivity index (χ3n) is 3.46. The zero-order chi connectivity index (χ0) is 14.8. The van der Waals surface area contributed by atoms with E-state index in [4.69, 9.17) is 0 Å². The summed E-state index contributed by atoms with van der Waals surface area (Å²) in [5.41, 5.74) is 0.291. The minimum atomic E-state index is -0.627. The van der Waals surface area contributed by atoms with Crippen molar-refractivity contribution >= 4 is 5.78 Å². The number of ketones is 1. The molecule has 0 spiro atoms. The number of carbonyl (C=O) groups excluding carboxylic acids is 1. The first-order valence-electron chi connectivity index (χ1n) is 7.59. The smallest absolute Gasteiger partial charge is 0.137 e. The normalized spacial score (nSPS) is 10.8. The van der Waals surface area contributed by atoms with Crippen molar-refractivity contribution in [1.82, 2.24) is 0 Å². The van der Waals surface area contributed by atoms with Crippen molar-refractivity contribution in [2.75, 3.05) is 0 Å². The molecule has 0 saturated heterocycles. The Hall–Kier alpha value is -1.25. The number of benzene rings is 1. The molecule has 20 heavy (non-hydrogen) atoms. The van der Waals surface area contributed by atoms with Gasteiger partial charge in [-0.05, 0) is 18.1 Å². The second-order valence-corrected chi connectivity index (χ2v) is 5.32. The Morgan fingerprint density at radius 3 is 2.30 bits per heavy atom. The molecule has 0 amide bonds. The van der Waals surface area contributed by atoms with Crippen LogP contribution in [-0.2, 0) is 11.2 Å². The first-order valence-corrected chi connectivity index (χ1v) is 7.59. The highest BCUT2D eigenvalue weighted by atomic mass is 19.1. The summed E-state index contributed by atoms with van der Waals surface area (Å²) in [6.45, 7) is 2.19. The van der Waals surface area contributed by atoms with Gasteiger partial charge in [-0.25, -0.2) is 8.78 Å². The molecular formula is C17H24F2O. The Labute approximate surface area is 120 Å². The van der Waals surface area contributed by atoms with Crippen LogP contribution in [0.3, 0.4) is 0 Å². The van der Waals surface area contributed by atoms with Gasteiger partial charge in [-0.1, -0.05) is 51.5 Å². The van der Waals surface area contributed by atoms with Crippen molar-refractivity contribution < 1.29 is 13.6 Å². The number of carbonyl (C=O) groups is 1. The molecule has 112 valence electrons. The van der Waals surface area contributed by atoms with Gasteiger partial charge in [0.1, 0.15) is 17.4 Å². The van der Waals surface area contributed by atoms with Gasteiger partial charge in [0.25, 0.3) is 0 Å². The van der Waals surface area contributed by atoms with E-state index in [1.165, 1.54) is 37.8 Å². The molecular weight excluding hydrogens is 258 g/mol. The van der Waals surface area contributed by atoms with Crippen molar-refractivity contribution in [3.8, 4) is 0 Å². The largest absolute Gasteiger partial charge is 0.299 e. The zero-order valence-corrected chi connectivity index (χ0v) is 12.3. The van der Waals surface area contributed by atoms with Crippen LogP contribution in [-0.4, -0.2) is 5.78 Å². The maximum Gasteiger partial charge on any atom is 0.137 e. The van der Waals surface area contributed by atoms with Crippen molar-refractivity contribution in [1.29, 1.82) is 0 Å². The minimum Gasteiger partial charge on any atom is -0.299 e. The van der Waals surface area contributed by atoms with Gasteiger partial charge in [0, 0.05) is 18.9 Å². The molecule has 1 aromatic carbocycles. The lowest BCUT2D eigenvalue weighted by molar-refractivity contribution is -0.118. The van der Waals surface area contributed by atoms with Crippen molar-refractivity contribution in [2.24, 2.45) is 0 Å². The van der Waals surface area contributed by atoms with E-state index in [1.54, 1.807) is 0 Å². The molecule has 0 aromatic heterocycles. The average molecular weight is 282 g/mol. The van der Waals surface area contributed by atoms with Gasteiger partial charge in [-0.2, -0.15) is 0 Å². The maximum atomic E-state index is 13.4. The van der Waals surface area contributed by atoms with Crippen LogP contribution < -0.4 is 0 Å². The van der Waals surface area contributed by atoms with E-state index < -0.39 is 11.6 Å². The lowest BCUT2D eigenvalue weighted by Crippen LogP contribution is -2.04. The topological polar surface area (TPSA) is 17.1 Å². The molecule has 1 rings (SSSR count). The van der Waals surface area contributed by atoms with Crippen molar-refractivity contribution in [2.45, 2.75) is 64.7 Å². The second kappa shape index (κ2) is 9.62. The van der Waals surface area contributed by atoms with E-state index in [1.807, 2.05) is 0 Å². The number of halogens is 2. The van der Waals surface area contributed by atoms with Crippen LogP contribution in [0, 0.1) is 11.6 Å². The predicted molar refractivity (Wildman–Crippen MR) is 77.7 cm³/mol. The van der Waals surface area contributed by atoms with Crippen LogP contribution in [0.1, 0.15) is 63.9 Å². The molecule has 0 fully saturated rings. The molecule has 1 nitrogen and oxygen atoms in total. The quantitative estimate of drug-likeness (QED) is 0.538. The van der Waals surface area contributed by atoms with E-state index in [0.29, 0.717) is 12.0 Å². The molecule has 0 aliphatic heterocycles. The van der Waals surface area contributed by atoms with Crippen LogP contribution >= 0.6 is 0 Å². The monoisotopic (exact) mass is 282 g/mol. The molecule has 0 saturated carbocycles. The van der Waals surface area contributed by atoms with Crippen LogP contribution in [0.5, 0.6) is 0 Å². The summed E-state index contributed by atoms with van der Waals surface area (Å²) in [6, 6.07) is 3.38. The lowest BCUT2D eigenvalue weighted by Gasteiger charge is -2.04. The van der Waals surface area contributed by atoms with Crippen LogP contribution in [0.4, 0.5) is 8.78 Å². The number of rotatable bonds is 10. The van der Waals surface area contributed by atoms with Gasteiger partial charge in [0.15, 0.2) is 0 Å². The van der Waals surface area contributed by atoms with Gasteiger partial charge in [0.2, 0.25) is 0 Å². The molecule has 1 aromatic rings. The summed E-state index contributed by atoms with van der Waals surface area (Å²) >= 11 is 0. The Bertz CT molecular complexity index is 415. The van der Waals surface area contributed by atoms with Crippen LogP contribution in [0.2, 0.25) is 0 Å². The zero-order valence-electron chi connectivity index (χ0n) is 12.3. The Balaban J connectivity index is 2.17. The number of Topliss-reactive ketones (excluding diaryl/α,β-unsaturated/α-hetero) is 1. The fraction of sp³-hybridized carbons (Fsp3) is 0.588. The van der Waals surface area contributed by atoms with Gasteiger partial charge in [-0.3, -0.25) is 4.79 Å². The van der Waals surface area contributed by atoms with Crippen LogP contribution in [0.15, 0.2) is 18.2 Å². The third kappa shape index (κ3) is 6.78. The van der Waals surface area contributed by atoms with Gasteiger partial charge in [-0.15, -0.1) is 0 Å². The summed E-state index contributed by atoms with van der Waals surface area (Å²) < 4.78 is 26.1. The fourth-order valence-corrected chi connectivity index (χ4v) is 2.25. The van der Waals surface area contributed by atoms with E-state index >= 15 is 0 Å². The van der Waals surface area contributed by atoms with Gasteiger partial charge in [0.05, 0.1) is 0 Å². The predicted octanol–water partition coefficient (Wildman–Crippen LogP) is 5.22. The fourth-order valence-electron chi connectivity index (χ4n) is 2.25. The molecule has 0 atom stereocenters. The molecule has 0 N–H and O–H groups in total. The first kappa shape index (κ1) is 16.8.